The van der Waals surface area contributed by atoms with E-state index in [9.17, 15) is 9.59 Å². The third-order valence-corrected chi connectivity index (χ3v) is 4.63. The quantitative estimate of drug-likeness (QED) is 0.523. The van der Waals surface area contributed by atoms with E-state index in [4.69, 9.17) is 4.74 Å². The molecule has 26 heavy (non-hydrogen) atoms. The average molecular weight is 369 g/mol. The first kappa shape index (κ1) is 17.9. The lowest BCUT2D eigenvalue weighted by Gasteiger charge is -2.04. The topological polar surface area (TPSA) is 73.2 Å². The fraction of sp³-hybridized carbons (Fsp3) is 0.211. The number of ketones is 1. The van der Waals surface area contributed by atoms with Crippen molar-refractivity contribution in [2.24, 2.45) is 7.05 Å². The number of Topliss-reactive ketones (excluding diaryl/α,β-unsaturated/α-hetero) is 1. The molecule has 0 saturated carbocycles. The Kier molecular flexibility index (Phi) is 5.18. The van der Waals surface area contributed by atoms with Gasteiger partial charge in [0.25, 0.3) is 0 Å². The molecule has 7 heteroatoms. The van der Waals surface area contributed by atoms with Gasteiger partial charge >= 0.3 is 5.97 Å². The lowest BCUT2D eigenvalue weighted by molar-refractivity contribution is 0.0457. The van der Waals surface area contributed by atoms with E-state index in [-0.39, 0.29) is 12.4 Å². The molecule has 0 aliphatic carbocycles. The summed E-state index contributed by atoms with van der Waals surface area (Å²) < 4.78 is 6.90. The van der Waals surface area contributed by atoms with Crippen molar-refractivity contribution in [2.45, 2.75) is 20.5 Å². The summed E-state index contributed by atoms with van der Waals surface area (Å²) in [5.41, 5.74) is 3.63. The Bertz CT molecular complexity index is 941. The number of hydrogen-bond acceptors (Lipinski definition) is 6. The number of anilines is 2. The summed E-state index contributed by atoms with van der Waals surface area (Å²) in [6.45, 7) is 3.57. The van der Waals surface area contributed by atoms with Crippen LogP contribution in [0.4, 0.5) is 10.8 Å². The van der Waals surface area contributed by atoms with Gasteiger partial charge in [-0.05, 0) is 32.0 Å². The van der Waals surface area contributed by atoms with E-state index in [1.165, 1.54) is 29.9 Å². The number of ether oxygens (including phenoxy) is 1. The summed E-state index contributed by atoms with van der Waals surface area (Å²) in [6.07, 6.45) is 1.62. The molecule has 0 aliphatic rings. The van der Waals surface area contributed by atoms with Crippen LogP contribution in [0.3, 0.4) is 0 Å². The first-order valence-electron chi connectivity index (χ1n) is 8.05. The van der Waals surface area contributed by atoms with Gasteiger partial charge in [0.2, 0.25) is 0 Å². The Hall–Kier alpha value is -2.93. The van der Waals surface area contributed by atoms with Crippen LogP contribution >= 0.6 is 11.3 Å². The number of nitrogens with one attached hydrogen (secondary N) is 1. The van der Waals surface area contributed by atoms with Crippen LogP contribution in [-0.4, -0.2) is 21.3 Å². The highest BCUT2D eigenvalue weighted by molar-refractivity contribution is 7.13. The van der Waals surface area contributed by atoms with Crippen molar-refractivity contribution in [1.29, 1.82) is 0 Å². The van der Waals surface area contributed by atoms with Gasteiger partial charge in [0.1, 0.15) is 12.3 Å². The van der Waals surface area contributed by atoms with Crippen molar-refractivity contribution < 1.29 is 14.3 Å². The minimum absolute atomic E-state index is 0.0749. The monoisotopic (exact) mass is 369 g/mol. The molecule has 0 amide bonds. The zero-order valence-corrected chi connectivity index (χ0v) is 15.6. The minimum Gasteiger partial charge on any atom is -0.454 e. The fourth-order valence-electron chi connectivity index (χ4n) is 2.36. The van der Waals surface area contributed by atoms with Gasteiger partial charge in [-0.2, -0.15) is 0 Å². The highest BCUT2D eigenvalue weighted by Gasteiger charge is 2.16. The van der Waals surface area contributed by atoms with Crippen molar-refractivity contribution in [3.8, 4) is 0 Å². The summed E-state index contributed by atoms with van der Waals surface area (Å²) in [7, 11) is 1.70. The van der Waals surface area contributed by atoms with Crippen LogP contribution in [0, 0.1) is 6.92 Å². The number of rotatable bonds is 6. The number of aryl methyl sites for hydroxylation is 2. The molecular weight excluding hydrogens is 350 g/mol. The molecule has 0 aliphatic heterocycles. The number of esters is 1. The maximum absolute atomic E-state index is 12.2. The predicted molar refractivity (Wildman–Crippen MR) is 101 cm³/mol. The fourth-order valence-corrected chi connectivity index (χ4v) is 3.08. The Labute approximate surface area is 155 Å². The van der Waals surface area contributed by atoms with Gasteiger partial charge in [-0.3, -0.25) is 4.79 Å². The summed E-state index contributed by atoms with van der Waals surface area (Å²) in [6, 6.07) is 9.55. The molecule has 0 bridgehead atoms. The molecule has 0 spiro atoms. The van der Waals surface area contributed by atoms with Crippen molar-refractivity contribution in [1.82, 2.24) is 9.55 Å². The maximum atomic E-state index is 12.2. The lowest BCUT2D eigenvalue weighted by Crippen LogP contribution is -2.09. The molecular formula is C19H19N3O3S. The molecule has 0 radical (unpaired) electrons. The van der Waals surface area contributed by atoms with Gasteiger partial charge in [0.05, 0.1) is 5.69 Å². The molecule has 2 aromatic heterocycles. The number of hydrogen-bond donors (Lipinski definition) is 1. The molecule has 134 valence electrons. The first-order chi connectivity index (χ1) is 12.4. The highest BCUT2D eigenvalue weighted by Crippen LogP contribution is 2.22. The summed E-state index contributed by atoms with van der Waals surface area (Å²) in [5.74, 6) is -0.577. The lowest BCUT2D eigenvalue weighted by atomic mass is 10.2. The van der Waals surface area contributed by atoms with Gasteiger partial charge in [-0.15, -0.1) is 11.3 Å². The molecule has 2 heterocycles. The van der Waals surface area contributed by atoms with Gasteiger partial charge in [0.15, 0.2) is 10.9 Å². The molecule has 1 N–H and O–H groups in total. The van der Waals surface area contributed by atoms with Crippen LogP contribution in [0.5, 0.6) is 0 Å². The molecule has 0 saturated heterocycles. The van der Waals surface area contributed by atoms with Crippen LogP contribution in [0.15, 0.2) is 41.9 Å². The number of thiazole rings is 1. The zero-order valence-electron chi connectivity index (χ0n) is 14.8. The Balaban J connectivity index is 1.60. The molecule has 0 unspecified atom stereocenters. The van der Waals surface area contributed by atoms with E-state index in [1.54, 1.807) is 17.8 Å². The van der Waals surface area contributed by atoms with E-state index in [1.807, 2.05) is 36.6 Å². The molecule has 0 atom stereocenters. The number of carbonyl (C=O) groups excluding carboxylic acids is 2. The second-order valence-electron chi connectivity index (χ2n) is 5.99. The van der Waals surface area contributed by atoms with Gasteiger partial charge in [-0.25, -0.2) is 9.78 Å². The van der Waals surface area contributed by atoms with E-state index in [2.05, 4.69) is 10.3 Å². The molecule has 1 aromatic carbocycles. The van der Waals surface area contributed by atoms with Crippen LogP contribution in [-0.2, 0) is 18.4 Å². The molecule has 3 rings (SSSR count). The second-order valence-corrected chi connectivity index (χ2v) is 6.85. The van der Waals surface area contributed by atoms with Gasteiger partial charge in [0, 0.05) is 29.9 Å². The standard InChI is InChI=1S/C19H19N3O3S/c1-12-4-6-15(7-5-12)20-19-21-16(11-26-19)10-25-18(24)17-8-14(13(2)23)9-22(17)3/h4-9,11H,10H2,1-3H3,(H,20,21). The van der Waals surface area contributed by atoms with Crippen molar-refractivity contribution >= 4 is 33.9 Å². The number of carbonyl (C=O) groups is 2. The van der Waals surface area contributed by atoms with E-state index in [0.29, 0.717) is 17.0 Å². The van der Waals surface area contributed by atoms with Crippen molar-refractivity contribution in [3.05, 3.63) is 64.4 Å². The largest absolute Gasteiger partial charge is 0.454 e. The molecule has 6 nitrogen and oxygen atoms in total. The van der Waals surface area contributed by atoms with E-state index < -0.39 is 5.97 Å². The normalized spacial score (nSPS) is 10.6. The predicted octanol–water partition coefficient (Wildman–Crippen LogP) is 4.09. The van der Waals surface area contributed by atoms with Crippen LogP contribution in [0.1, 0.15) is 39.0 Å². The maximum Gasteiger partial charge on any atom is 0.355 e. The first-order valence-corrected chi connectivity index (χ1v) is 8.93. The van der Waals surface area contributed by atoms with Crippen molar-refractivity contribution in [3.63, 3.8) is 0 Å². The highest BCUT2D eigenvalue weighted by atomic mass is 32.1. The van der Waals surface area contributed by atoms with Gasteiger partial charge in [-0.1, -0.05) is 17.7 Å². The Morgan fingerprint density at radius 1 is 1.27 bits per heavy atom. The SMILES string of the molecule is CC(=O)c1cc(C(=O)OCc2csc(Nc3ccc(C)cc3)n2)n(C)c1. The second kappa shape index (κ2) is 7.53. The smallest absolute Gasteiger partial charge is 0.355 e. The molecule has 0 fully saturated rings. The minimum atomic E-state index is -0.485. The van der Waals surface area contributed by atoms with E-state index >= 15 is 0 Å². The van der Waals surface area contributed by atoms with Gasteiger partial charge < -0.3 is 14.6 Å². The summed E-state index contributed by atoms with van der Waals surface area (Å²) in [5, 5.41) is 5.80. The van der Waals surface area contributed by atoms with Crippen molar-refractivity contribution in [2.75, 3.05) is 5.32 Å². The van der Waals surface area contributed by atoms with Crippen LogP contribution < -0.4 is 5.32 Å². The number of nitrogens with zero attached hydrogens (tertiary/aromatic N) is 2. The summed E-state index contributed by atoms with van der Waals surface area (Å²) in [4.78, 5) is 28.0. The third-order valence-electron chi connectivity index (χ3n) is 3.83. The number of benzene rings is 1. The average Bonchev–Trinajstić information content (AvgIpc) is 3.21. The van der Waals surface area contributed by atoms with E-state index in [0.717, 1.165) is 10.8 Å². The van der Waals surface area contributed by atoms with Crippen LogP contribution in [0.25, 0.3) is 0 Å². The zero-order chi connectivity index (χ0) is 18.7. The third kappa shape index (κ3) is 4.18. The molecule has 3 aromatic rings. The van der Waals surface area contributed by atoms with Crippen LogP contribution in [0.2, 0.25) is 0 Å². The number of aromatic nitrogens is 2. The Morgan fingerprint density at radius 3 is 2.65 bits per heavy atom. The summed E-state index contributed by atoms with van der Waals surface area (Å²) >= 11 is 1.44. The Morgan fingerprint density at radius 2 is 2.00 bits per heavy atom.